The predicted molar refractivity (Wildman–Crippen MR) is 173 cm³/mol. The third kappa shape index (κ3) is 17.4. The molecule has 0 heterocycles. The fourth-order valence-corrected chi connectivity index (χ4v) is 5.99. The maximum Gasteiger partial charge on any atom is 0.123 e. The lowest BCUT2D eigenvalue weighted by atomic mass is 10.2. The highest BCUT2D eigenvalue weighted by atomic mass is 33.1. The SMILES string of the molecule is COc1ccccc1CNCCCCCCOCCSSCCOCCCCCCNCc1ccccc1OC. The molecule has 0 saturated carbocycles. The van der Waals surface area contributed by atoms with Crippen LogP contribution >= 0.6 is 21.6 Å². The molecule has 0 aromatic heterocycles. The van der Waals surface area contributed by atoms with Gasteiger partial charge in [0.25, 0.3) is 0 Å². The summed E-state index contributed by atoms with van der Waals surface area (Å²) in [4.78, 5) is 0. The molecule has 226 valence electrons. The molecular formula is C32H52N2O4S2. The zero-order valence-electron chi connectivity index (χ0n) is 24.8. The van der Waals surface area contributed by atoms with Crippen LogP contribution in [0.2, 0.25) is 0 Å². The van der Waals surface area contributed by atoms with Crippen LogP contribution in [0.1, 0.15) is 62.5 Å². The van der Waals surface area contributed by atoms with Gasteiger partial charge in [-0.15, -0.1) is 0 Å². The van der Waals surface area contributed by atoms with Crippen molar-refractivity contribution in [2.45, 2.75) is 64.5 Å². The molecule has 2 aromatic rings. The van der Waals surface area contributed by atoms with Crippen molar-refractivity contribution in [2.75, 3.05) is 65.2 Å². The molecule has 0 aliphatic carbocycles. The van der Waals surface area contributed by atoms with Gasteiger partial charge in [-0.05, 0) is 50.9 Å². The number of hydrogen-bond donors (Lipinski definition) is 2. The zero-order chi connectivity index (χ0) is 28.4. The molecule has 0 bridgehead atoms. The Balaban J connectivity index is 1.22. The molecule has 40 heavy (non-hydrogen) atoms. The van der Waals surface area contributed by atoms with E-state index in [4.69, 9.17) is 18.9 Å². The van der Waals surface area contributed by atoms with Crippen molar-refractivity contribution in [3.63, 3.8) is 0 Å². The highest BCUT2D eigenvalue weighted by Crippen LogP contribution is 2.20. The van der Waals surface area contributed by atoms with Crippen molar-refractivity contribution in [1.82, 2.24) is 10.6 Å². The van der Waals surface area contributed by atoms with Crippen LogP contribution in [0.3, 0.4) is 0 Å². The third-order valence-corrected chi connectivity index (χ3v) is 8.84. The Hall–Kier alpha value is -1.42. The molecule has 0 spiro atoms. The summed E-state index contributed by atoms with van der Waals surface area (Å²) in [7, 11) is 7.24. The Kier molecular flexibility index (Phi) is 22.0. The first kappa shape index (κ1) is 34.8. The first-order valence-electron chi connectivity index (χ1n) is 14.9. The molecule has 2 N–H and O–H groups in total. The lowest BCUT2D eigenvalue weighted by Crippen LogP contribution is -2.15. The van der Waals surface area contributed by atoms with E-state index in [0.29, 0.717) is 0 Å². The van der Waals surface area contributed by atoms with Gasteiger partial charge in [0, 0.05) is 48.9 Å². The van der Waals surface area contributed by atoms with Gasteiger partial charge in [-0.2, -0.15) is 0 Å². The fraction of sp³-hybridized carbons (Fsp3) is 0.625. The van der Waals surface area contributed by atoms with Gasteiger partial charge in [-0.3, -0.25) is 0 Å². The van der Waals surface area contributed by atoms with E-state index in [-0.39, 0.29) is 0 Å². The van der Waals surface area contributed by atoms with E-state index in [1.165, 1.54) is 49.7 Å². The van der Waals surface area contributed by atoms with Gasteiger partial charge in [-0.1, -0.05) is 83.7 Å². The average molecular weight is 593 g/mol. The second-order valence-corrected chi connectivity index (χ2v) is 12.4. The fourth-order valence-electron chi connectivity index (χ4n) is 4.27. The van der Waals surface area contributed by atoms with Crippen LogP contribution in [-0.2, 0) is 22.6 Å². The summed E-state index contributed by atoms with van der Waals surface area (Å²) in [6.07, 6.45) is 9.66. The monoisotopic (exact) mass is 592 g/mol. The molecule has 0 radical (unpaired) electrons. The molecule has 0 unspecified atom stereocenters. The van der Waals surface area contributed by atoms with Gasteiger partial charge in [0.2, 0.25) is 0 Å². The number of hydrogen-bond acceptors (Lipinski definition) is 8. The first-order valence-corrected chi connectivity index (χ1v) is 17.4. The van der Waals surface area contributed by atoms with Crippen molar-refractivity contribution >= 4 is 21.6 Å². The van der Waals surface area contributed by atoms with Crippen LogP contribution in [0.5, 0.6) is 11.5 Å². The van der Waals surface area contributed by atoms with Crippen LogP contribution < -0.4 is 20.1 Å². The number of para-hydroxylation sites is 2. The molecule has 2 aromatic carbocycles. The van der Waals surface area contributed by atoms with Crippen molar-refractivity contribution < 1.29 is 18.9 Å². The molecule has 8 heteroatoms. The summed E-state index contributed by atoms with van der Waals surface area (Å²) < 4.78 is 22.3. The van der Waals surface area contributed by atoms with E-state index in [2.05, 4.69) is 34.9 Å². The smallest absolute Gasteiger partial charge is 0.123 e. The largest absolute Gasteiger partial charge is 0.496 e. The minimum Gasteiger partial charge on any atom is -0.496 e. The van der Waals surface area contributed by atoms with E-state index in [1.54, 1.807) is 14.2 Å². The van der Waals surface area contributed by atoms with Crippen molar-refractivity contribution in [3.8, 4) is 11.5 Å². The minimum atomic E-state index is 0.840. The van der Waals surface area contributed by atoms with Gasteiger partial charge in [0.05, 0.1) is 27.4 Å². The molecule has 0 atom stereocenters. The summed E-state index contributed by atoms with van der Waals surface area (Å²) >= 11 is 0. The minimum absolute atomic E-state index is 0.840. The highest BCUT2D eigenvalue weighted by molar-refractivity contribution is 8.76. The maximum absolute atomic E-state index is 5.78. The van der Waals surface area contributed by atoms with E-state index in [1.807, 2.05) is 45.9 Å². The Bertz CT molecular complexity index is 790. The Morgan fingerprint density at radius 3 is 1.40 bits per heavy atom. The van der Waals surface area contributed by atoms with Gasteiger partial charge in [-0.25, -0.2) is 0 Å². The lowest BCUT2D eigenvalue weighted by Gasteiger charge is -2.09. The summed E-state index contributed by atoms with van der Waals surface area (Å²) in [5.74, 6) is 4.01. The average Bonchev–Trinajstić information content (AvgIpc) is 2.99. The van der Waals surface area contributed by atoms with Crippen LogP contribution in [0.25, 0.3) is 0 Å². The molecule has 0 fully saturated rings. The van der Waals surface area contributed by atoms with Crippen molar-refractivity contribution in [2.24, 2.45) is 0 Å². The van der Waals surface area contributed by atoms with Gasteiger partial charge < -0.3 is 29.6 Å². The Labute approximate surface area is 251 Å². The maximum atomic E-state index is 5.78. The molecule has 0 amide bonds. The molecular weight excluding hydrogens is 540 g/mol. The van der Waals surface area contributed by atoms with Gasteiger partial charge in [0.15, 0.2) is 0 Å². The molecule has 2 rings (SSSR count). The second kappa shape index (κ2) is 25.3. The quantitative estimate of drug-likeness (QED) is 0.0840. The highest BCUT2D eigenvalue weighted by Gasteiger charge is 2.02. The normalized spacial score (nSPS) is 11.2. The molecule has 0 aliphatic heterocycles. The van der Waals surface area contributed by atoms with E-state index in [9.17, 15) is 0 Å². The van der Waals surface area contributed by atoms with Crippen LogP contribution in [0, 0.1) is 0 Å². The first-order chi connectivity index (χ1) is 19.8. The summed E-state index contributed by atoms with van der Waals surface area (Å²) in [5, 5.41) is 7.03. The molecule has 6 nitrogen and oxygen atoms in total. The van der Waals surface area contributed by atoms with Crippen molar-refractivity contribution in [1.29, 1.82) is 0 Å². The van der Waals surface area contributed by atoms with E-state index in [0.717, 1.165) is 88.5 Å². The molecule has 0 saturated heterocycles. The number of nitrogens with one attached hydrogen (secondary N) is 2. The summed E-state index contributed by atoms with van der Waals surface area (Å²) in [5.41, 5.74) is 2.43. The van der Waals surface area contributed by atoms with Gasteiger partial charge >= 0.3 is 0 Å². The Morgan fingerprint density at radius 2 is 0.950 bits per heavy atom. The van der Waals surface area contributed by atoms with Crippen LogP contribution in [-0.4, -0.2) is 65.2 Å². The van der Waals surface area contributed by atoms with Crippen molar-refractivity contribution in [3.05, 3.63) is 59.7 Å². The zero-order valence-corrected chi connectivity index (χ0v) is 26.4. The number of rotatable bonds is 27. The van der Waals surface area contributed by atoms with Crippen LogP contribution in [0.4, 0.5) is 0 Å². The number of ether oxygens (including phenoxy) is 4. The standard InChI is InChI=1S/C32H52N2O4S2/c1-35-31-17-9-7-15-29(31)27-33-19-11-3-5-13-21-37-23-25-39-40-26-24-38-22-14-6-4-12-20-34-28-30-16-8-10-18-32(30)36-2/h7-10,15-18,33-34H,3-6,11-14,19-28H2,1-2H3. The number of unbranched alkanes of at least 4 members (excludes halogenated alkanes) is 6. The van der Waals surface area contributed by atoms with E-state index < -0.39 is 0 Å². The number of benzene rings is 2. The summed E-state index contributed by atoms with van der Waals surface area (Å²) in [6.45, 7) is 7.24. The molecule has 0 aliphatic rings. The lowest BCUT2D eigenvalue weighted by molar-refractivity contribution is 0.145. The van der Waals surface area contributed by atoms with E-state index >= 15 is 0 Å². The number of methoxy groups -OCH3 is 2. The topological polar surface area (TPSA) is 61.0 Å². The summed E-state index contributed by atoms with van der Waals surface area (Å²) in [6, 6.07) is 16.4. The predicted octanol–water partition coefficient (Wildman–Crippen LogP) is 7.12. The Morgan fingerprint density at radius 1 is 0.525 bits per heavy atom. The van der Waals surface area contributed by atoms with Gasteiger partial charge in [0.1, 0.15) is 11.5 Å². The van der Waals surface area contributed by atoms with Crippen LogP contribution in [0.15, 0.2) is 48.5 Å². The second-order valence-electron chi connectivity index (χ2n) is 9.67. The third-order valence-electron chi connectivity index (χ3n) is 6.51.